The second-order valence-corrected chi connectivity index (χ2v) is 4.18. The van der Waals surface area contributed by atoms with E-state index in [0.29, 0.717) is 0 Å². The minimum atomic E-state index is -7.29. The van der Waals surface area contributed by atoms with Gasteiger partial charge in [-0.25, -0.2) is 4.79 Å². The van der Waals surface area contributed by atoms with Crippen LogP contribution in [0, 0.1) is 0 Å². The lowest BCUT2D eigenvalue weighted by molar-refractivity contribution is -0.392. The second kappa shape index (κ2) is 5.26. The Morgan fingerprint density at radius 2 is 1.22 bits per heavy atom. The first-order valence-corrected chi connectivity index (χ1v) is 5.35. The summed E-state index contributed by atoms with van der Waals surface area (Å²) in [5.41, 5.74) is 0. The molecule has 0 aromatic heterocycles. The van der Waals surface area contributed by atoms with Gasteiger partial charge in [0.2, 0.25) is 0 Å². The highest BCUT2D eigenvalue weighted by atomic mass is 19.4. The first-order chi connectivity index (χ1) is 10.1. The van der Waals surface area contributed by atoms with Crippen molar-refractivity contribution in [3.63, 3.8) is 0 Å². The SMILES string of the molecule is O=C1CCC(=O)N1OC(=O)C(F)(F)C(F)(F)C(F)(F)C(F)(F)F. The van der Waals surface area contributed by atoms with E-state index in [4.69, 9.17) is 0 Å². The molecule has 1 aliphatic heterocycles. The van der Waals surface area contributed by atoms with Crippen molar-refractivity contribution in [1.82, 2.24) is 5.06 Å². The van der Waals surface area contributed by atoms with Crippen LogP contribution in [0.25, 0.3) is 0 Å². The number of rotatable bonds is 4. The lowest BCUT2D eigenvalue weighted by Crippen LogP contribution is -2.64. The van der Waals surface area contributed by atoms with Crippen molar-refractivity contribution in [3.05, 3.63) is 0 Å². The number of hydroxylamine groups is 2. The zero-order valence-electron chi connectivity index (χ0n) is 10.4. The minimum absolute atomic E-state index is 0.660. The third-order valence-corrected chi connectivity index (χ3v) is 2.58. The molecule has 1 saturated heterocycles. The van der Waals surface area contributed by atoms with Crippen molar-refractivity contribution in [2.24, 2.45) is 0 Å². The lowest BCUT2D eigenvalue weighted by Gasteiger charge is -2.32. The predicted octanol–water partition coefficient (Wildman–Crippen LogP) is 2.06. The van der Waals surface area contributed by atoms with Crippen LogP contribution < -0.4 is 0 Å². The number of carbonyl (C=O) groups excluding carboxylic acids is 3. The maximum absolute atomic E-state index is 13.1. The van der Waals surface area contributed by atoms with Crippen molar-refractivity contribution < 1.29 is 58.7 Å². The highest BCUT2D eigenvalue weighted by molar-refractivity contribution is 6.01. The second-order valence-electron chi connectivity index (χ2n) is 4.18. The number of nitrogens with zero attached hydrogens (tertiary/aromatic N) is 1. The molecule has 0 aliphatic carbocycles. The van der Waals surface area contributed by atoms with Crippen LogP contribution in [0.15, 0.2) is 0 Å². The van der Waals surface area contributed by atoms with Crippen molar-refractivity contribution in [2.75, 3.05) is 0 Å². The summed E-state index contributed by atoms with van der Waals surface area (Å²) in [7, 11) is 0. The molecule has 5 nitrogen and oxygen atoms in total. The minimum Gasteiger partial charge on any atom is -0.324 e. The molecule has 1 heterocycles. The summed E-state index contributed by atoms with van der Waals surface area (Å²) in [6.07, 6.45) is -8.43. The number of hydrogen-bond acceptors (Lipinski definition) is 4. The van der Waals surface area contributed by atoms with E-state index in [0.717, 1.165) is 0 Å². The molecule has 0 aromatic rings. The molecule has 0 bridgehead atoms. The van der Waals surface area contributed by atoms with E-state index < -0.39 is 59.6 Å². The van der Waals surface area contributed by atoms with Gasteiger partial charge in [-0.15, -0.1) is 5.06 Å². The van der Waals surface area contributed by atoms with E-state index in [-0.39, 0.29) is 0 Å². The summed E-state index contributed by atoms with van der Waals surface area (Å²) < 4.78 is 112. The quantitative estimate of drug-likeness (QED) is 0.568. The Bertz CT molecular complexity index is 526. The molecule has 0 spiro atoms. The molecule has 0 aromatic carbocycles. The Morgan fingerprint density at radius 3 is 1.57 bits per heavy atom. The smallest absolute Gasteiger partial charge is 0.324 e. The zero-order chi connectivity index (χ0) is 18.4. The summed E-state index contributed by atoms with van der Waals surface area (Å²) in [5, 5.41) is -0.710. The molecule has 0 unspecified atom stereocenters. The highest BCUT2D eigenvalue weighted by Gasteiger charge is 2.84. The topological polar surface area (TPSA) is 63.7 Å². The summed E-state index contributed by atoms with van der Waals surface area (Å²) in [5.74, 6) is -27.7. The van der Waals surface area contributed by atoms with Crippen LogP contribution in [0.3, 0.4) is 0 Å². The van der Waals surface area contributed by atoms with Crippen LogP contribution in [0.2, 0.25) is 0 Å². The van der Waals surface area contributed by atoms with Crippen molar-refractivity contribution in [2.45, 2.75) is 36.8 Å². The Balaban J connectivity index is 3.11. The van der Waals surface area contributed by atoms with Crippen LogP contribution in [0.1, 0.15) is 12.8 Å². The summed E-state index contributed by atoms with van der Waals surface area (Å²) in [6, 6.07) is 0. The highest BCUT2D eigenvalue weighted by Crippen LogP contribution is 2.53. The molecule has 0 atom stereocenters. The molecule has 1 rings (SSSR count). The van der Waals surface area contributed by atoms with Crippen molar-refractivity contribution in [3.8, 4) is 0 Å². The molecule has 23 heavy (non-hydrogen) atoms. The third kappa shape index (κ3) is 2.81. The average Bonchev–Trinajstić information content (AvgIpc) is 2.68. The van der Waals surface area contributed by atoms with E-state index in [9.17, 15) is 53.9 Å². The van der Waals surface area contributed by atoms with E-state index in [1.165, 1.54) is 0 Å². The van der Waals surface area contributed by atoms with Crippen molar-refractivity contribution >= 4 is 17.8 Å². The fourth-order valence-corrected chi connectivity index (χ4v) is 1.30. The molecule has 14 heteroatoms. The van der Waals surface area contributed by atoms with Gasteiger partial charge in [0.05, 0.1) is 0 Å². The van der Waals surface area contributed by atoms with Crippen LogP contribution in [-0.4, -0.2) is 46.8 Å². The van der Waals surface area contributed by atoms with Gasteiger partial charge in [-0.2, -0.15) is 39.5 Å². The van der Waals surface area contributed by atoms with E-state index >= 15 is 0 Å². The predicted molar refractivity (Wildman–Crippen MR) is 48.1 cm³/mol. The van der Waals surface area contributed by atoms with Crippen LogP contribution in [0.4, 0.5) is 39.5 Å². The van der Waals surface area contributed by atoms with Gasteiger partial charge in [-0.05, 0) is 0 Å². The number of hydrogen-bond donors (Lipinski definition) is 0. The fraction of sp³-hybridized carbons (Fsp3) is 0.667. The molecule has 0 radical (unpaired) electrons. The molecular weight excluding hydrogens is 357 g/mol. The Labute approximate surface area is 119 Å². The van der Waals surface area contributed by atoms with Gasteiger partial charge in [0.1, 0.15) is 0 Å². The number of amides is 2. The summed E-state index contributed by atoms with van der Waals surface area (Å²) >= 11 is 0. The fourth-order valence-electron chi connectivity index (χ4n) is 1.30. The summed E-state index contributed by atoms with van der Waals surface area (Å²) in [6.45, 7) is 0. The van der Waals surface area contributed by atoms with Gasteiger partial charge in [0.15, 0.2) is 0 Å². The first-order valence-electron chi connectivity index (χ1n) is 5.35. The number of halogens is 9. The maximum atomic E-state index is 13.1. The average molecular weight is 361 g/mol. The van der Waals surface area contributed by atoms with Gasteiger partial charge >= 0.3 is 29.9 Å². The molecule has 2 amide bonds. The zero-order valence-corrected chi connectivity index (χ0v) is 10.4. The number of carbonyl (C=O) groups is 3. The lowest BCUT2D eigenvalue weighted by atomic mass is 10.0. The first kappa shape index (κ1) is 19.0. The molecular formula is C9H4F9NO4. The Morgan fingerprint density at radius 1 is 0.826 bits per heavy atom. The largest absolute Gasteiger partial charge is 0.460 e. The van der Waals surface area contributed by atoms with Crippen LogP contribution in [0.5, 0.6) is 0 Å². The number of imide groups is 1. The molecule has 0 N–H and O–H groups in total. The van der Waals surface area contributed by atoms with Gasteiger partial charge < -0.3 is 4.84 Å². The molecule has 0 saturated carbocycles. The van der Waals surface area contributed by atoms with E-state index in [2.05, 4.69) is 4.84 Å². The standard InChI is InChI=1S/C9H4F9NO4/c10-6(11,7(12,13)8(14,15)9(16,17)18)5(22)23-19-3(20)1-2-4(19)21/h1-2H2. The van der Waals surface area contributed by atoms with Crippen molar-refractivity contribution in [1.29, 1.82) is 0 Å². The summed E-state index contributed by atoms with van der Waals surface area (Å²) in [4.78, 5) is 35.9. The van der Waals surface area contributed by atoms with E-state index in [1.54, 1.807) is 0 Å². The molecule has 1 aliphatic rings. The van der Waals surface area contributed by atoms with Gasteiger partial charge in [-0.1, -0.05) is 0 Å². The van der Waals surface area contributed by atoms with Gasteiger partial charge in [0, 0.05) is 12.8 Å². The monoisotopic (exact) mass is 361 g/mol. The molecule has 132 valence electrons. The van der Waals surface area contributed by atoms with Crippen LogP contribution in [-0.2, 0) is 19.2 Å². The third-order valence-electron chi connectivity index (χ3n) is 2.58. The Kier molecular flexibility index (Phi) is 4.35. The normalized spacial score (nSPS) is 17.7. The molecule has 1 fully saturated rings. The van der Waals surface area contributed by atoms with Gasteiger partial charge in [-0.3, -0.25) is 9.59 Å². The Hall–Kier alpha value is -2.02. The maximum Gasteiger partial charge on any atom is 0.460 e. The van der Waals surface area contributed by atoms with Crippen LogP contribution >= 0.6 is 0 Å². The number of alkyl halides is 9. The van der Waals surface area contributed by atoms with E-state index in [1.807, 2.05) is 0 Å². The van der Waals surface area contributed by atoms with Gasteiger partial charge in [0.25, 0.3) is 11.8 Å².